The van der Waals surface area contributed by atoms with Crippen molar-refractivity contribution in [3.05, 3.63) is 58.9 Å². The number of rotatable bonds is 8. The SMILES string of the molecule is CC(C)(C)OC(=O)NCC(CN1CCOCC1)Nc1ccc2c(c1)Sc1cccc(-c3cc(N4CCOCC4)cc(=O)[nH]3)c1S2. The number of ether oxygens (including phenoxy) is 3. The van der Waals surface area contributed by atoms with Gasteiger partial charge in [0.1, 0.15) is 5.60 Å². The first-order valence-corrected chi connectivity index (χ1v) is 17.1. The van der Waals surface area contributed by atoms with Crippen LogP contribution >= 0.6 is 23.5 Å². The maximum atomic E-state index is 12.7. The van der Waals surface area contributed by atoms with E-state index in [0.717, 1.165) is 74.9 Å². The number of amides is 1. The maximum Gasteiger partial charge on any atom is 0.407 e. The number of fused-ring (bicyclic) bond motifs is 2. The molecule has 3 aromatic rings. The Labute approximate surface area is 272 Å². The first-order valence-electron chi connectivity index (χ1n) is 15.4. The summed E-state index contributed by atoms with van der Waals surface area (Å²) in [5.74, 6) is 0. The largest absolute Gasteiger partial charge is 0.444 e. The molecule has 0 aliphatic carbocycles. The number of pyridine rings is 1. The molecule has 2 aromatic carbocycles. The smallest absolute Gasteiger partial charge is 0.407 e. The summed E-state index contributed by atoms with van der Waals surface area (Å²) < 4.78 is 16.5. The third kappa shape index (κ3) is 8.36. The van der Waals surface area contributed by atoms with Crippen molar-refractivity contribution in [1.82, 2.24) is 15.2 Å². The van der Waals surface area contributed by atoms with Crippen molar-refractivity contribution in [1.29, 1.82) is 0 Å². The van der Waals surface area contributed by atoms with Gasteiger partial charge in [-0.2, -0.15) is 0 Å². The van der Waals surface area contributed by atoms with Crippen LogP contribution in [0.15, 0.2) is 72.9 Å². The number of carbonyl (C=O) groups excluding carboxylic acids is 1. The van der Waals surface area contributed by atoms with Crippen LogP contribution in [-0.2, 0) is 14.2 Å². The molecule has 3 aliphatic rings. The van der Waals surface area contributed by atoms with E-state index in [1.807, 2.05) is 20.8 Å². The van der Waals surface area contributed by atoms with E-state index in [2.05, 4.69) is 67.9 Å². The highest BCUT2D eigenvalue weighted by molar-refractivity contribution is 8.05. The zero-order valence-electron chi connectivity index (χ0n) is 26.0. The van der Waals surface area contributed by atoms with Gasteiger partial charge in [-0.05, 0) is 51.1 Å². The Morgan fingerprint density at radius 1 is 0.956 bits per heavy atom. The molecular formula is C33H41N5O5S2. The van der Waals surface area contributed by atoms with Crippen LogP contribution in [0.2, 0.25) is 0 Å². The standard InChI is InChI=1S/C33H41N5O5S2/c1-33(2,3)43-32(40)34-20-23(21-37-9-13-41-14-10-37)35-22-7-8-27-29(17-22)44-28-6-4-5-25(31(28)45-27)26-18-24(19-30(39)36-26)38-11-15-42-16-12-38/h4-8,17-19,23,35H,9-16,20-21H2,1-3H3,(H,34,40)(H,36,39). The number of nitrogens with zero attached hydrogens (tertiary/aromatic N) is 2. The highest BCUT2D eigenvalue weighted by atomic mass is 32.2. The third-order valence-corrected chi connectivity index (χ3v) is 10.3. The Morgan fingerprint density at radius 3 is 2.47 bits per heavy atom. The molecular weight excluding hydrogens is 611 g/mol. The van der Waals surface area contributed by atoms with Crippen LogP contribution in [0.4, 0.5) is 16.2 Å². The van der Waals surface area contributed by atoms with Gasteiger partial charge in [-0.25, -0.2) is 4.79 Å². The second-order valence-electron chi connectivity index (χ2n) is 12.4. The van der Waals surface area contributed by atoms with Crippen molar-refractivity contribution < 1.29 is 19.0 Å². The second kappa shape index (κ2) is 14.1. The molecule has 1 amide bonds. The highest BCUT2D eigenvalue weighted by Crippen LogP contribution is 2.52. The predicted molar refractivity (Wildman–Crippen MR) is 179 cm³/mol. The fourth-order valence-electron chi connectivity index (χ4n) is 5.59. The number of nitrogens with one attached hydrogen (secondary N) is 3. The van der Waals surface area contributed by atoms with Crippen molar-refractivity contribution in [3.63, 3.8) is 0 Å². The van der Waals surface area contributed by atoms with Crippen molar-refractivity contribution >= 4 is 41.0 Å². The van der Waals surface area contributed by atoms with Crippen LogP contribution in [0.1, 0.15) is 20.8 Å². The third-order valence-electron chi connectivity index (χ3n) is 7.69. The quantitative estimate of drug-likeness (QED) is 0.237. The maximum absolute atomic E-state index is 12.7. The fraction of sp³-hybridized carbons (Fsp3) is 0.455. The van der Waals surface area contributed by atoms with Crippen LogP contribution in [0.5, 0.6) is 0 Å². The Morgan fingerprint density at radius 2 is 1.71 bits per heavy atom. The molecule has 3 aliphatic heterocycles. The lowest BCUT2D eigenvalue weighted by Gasteiger charge is -2.32. The normalized spacial score (nSPS) is 17.6. The van der Waals surface area contributed by atoms with E-state index < -0.39 is 11.7 Å². The topological polar surface area (TPSA) is 108 Å². The Hall–Kier alpha value is -3.16. The Balaban J connectivity index is 1.19. The number of anilines is 2. The second-order valence-corrected chi connectivity index (χ2v) is 14.5. The molecule has 0 bridgehead atoms. The van der Waals surface area contributed by atoms with Crippen LogP contribution in [0.3, 0.4) is 0 Å². The number of aromatic nitrogens is 1. The van der Waals surface area contributed by atoms with Crippen molar-refractivity contribution in [2.75, 3.05) is 75.9 Å². The molecule has 2 saturated heterocycles. The molecule has 45 heavy (non-hydrogen) atoms. The van der Waals surface area contributed by atoms with E-state index in [1.165, 1.54) is 0 Å². The van der Waals surface area contributed by atoms with Crippen LogP contribution in [0.25, 0.3) is 11.3 Å². The minimum absolute atomic E-state index is 0.0237. The van der Waals surface area contributed by atoms with Crippen molar-refractivity contribution in [2.45, 2.75) is 52.0 Å². The first kappa shape index (κ1) is 31.8. The average molecular weight is 652 g/mol. The van der Waals surface area contributed by atoms with Crippen molar-refractivity contribution in [3.8, 4) is 11.3 Å². The van der Waals surface area contributed by atoms with Crippen LogP contribution in [-0.4, -0.2) is 93.3 Å². The van der Waals surface area contributed by atoms with Gasteiger partial charge >= 0.3 is 6.09 Å². The summed E-state index contributed by atoms with van der Waals surface area (Å²) >= 11 is 3.46. The molecule has 12 heteroatoms. The monoisotopic (exact) mass is 651 g/mol. The molecule has 4 heterocycles. The highest BCUT2D eigenvalue weighted by Gasteiger charge is 2.24. The van der Waals surface area contributed by atoms with E-state index in [4.69, 9.17) is 14.2 Å². The number of hydrogen-bond acceptors (Lipinski definition) is 10. The average Bonchev–Trinajstić information content (AvgIpc) is 3.02. The lowest BCUT2D eigenvalue weighted by Crippen LogP contribution is -2.48. The summed E-state index contributed by atoms with van der Waals surface area (Å²) in [6.07, 6.45) is -0.419. The molecule has 6 rings (SSSR count). The fourth-order valence-corrected chi connectivity index (χ4v) is 8.01. The molecule has 0 spiro atoms. The predicted octanol–water partition coefficient (Wildman–Crippen LogP) is 5.13. The summed E-state index contributed by atoms with van der Waals surface area (Å²) in [5, 5.41) is 6.62. The minimum atomic E-state index is -0.554. The number of aromatic amines is 1. The van der Waals surface area contributed by atoms with Gasteiger partial charge in [0.2, 0.25) is 5.56 Å². The number of hydrogen-bond donors (Lipinski definition) is 3. The van der Waals surface area contributed by atoms with E-state index in [1.54, 1.807) is 29.6 Å². The van der Waals surface area contributed by atoms with E-state index >= 15 is 0 Å². The van der Waals surface area contributed by atoms with Gasteiger partial charge < -0.3 is 34.7 Å². The van der Waals surface area contributed by atoms with E-state index in [0.29, 0.717) is 33.0 Å². The summed E-state index contributed by atoms with van der Waals surface area (Å²) in [6.45, 7) is 12.8. The number of morpholine rings is 2. The molecule has 1 atom stereocenters. The zero-order valence-corrected chi connectivity index (χ0v) is 27.7. The molecule has 240 valence electrons. The van der Waals surface area contributed by atoms with Gasteiger partial charge in [-0.3, -0.25) is 9.69 Å². The van der Waals surface area contributed by atoms with Gasteiger partial charge in [0.05, 0.1) is 38.2 Å². The van der Waals surface area contributed by atoms with Crippen molar-refractivity contribution in [2.24, 2.45) is 0 Å². The van der Waals surface area contributed by atoms with Gasteiger partial charge in [0, 0.05) is 81.9 Å². The van der Waals surface area contributed by atoms with E-state index in [9.17, 15) is 9.59 Å². The molecule has 10 nitrogen and oxygen atoms in total. The van der Waals surface area contributed by atoms with Crippen LogP contribution in [0, 0.1) is 0 Å². The molecule has 2 fully saturated rings. The number of H-pyrrole nitrogens is 1. The van der Waals surface area contributed by atoms with Gasteiger partial charge in [-0.1, -0.05) is 35.7 Å². The molecule has 0 radical (unpaired) electrons. The summed E-state index contributed by atoms with van der Waals surface area (Å²) in [6, 6.07) is 16.4. The van der Waals surface area contributed by atoms with Gasteiger partial charge in [0.15, 0.2) is 0 Å². The Kier molecular flexibility index (Phi) is 9.96. The lowest BCUT2D eigenvalue weighted by molar-refractivity contribution is 0.0350. The summed E-state index contributed by atoms with van der Waals surface area (Å²) in [5.41, 5.74) is 3.09. The summed E-state index contributed by atoms with van der Waals surface area (Å²) in [7, 11) is 0. The van der Waals surface area contributed by atoms with Gasteiger partial charge in [-0.15, -0.1) is 0 Å². The minimum Gasteiger partial charge on any atom is -0.444 e. The first-order chi connectivity index (χ1) is 21.7. The number of benzene rings is 2. The van der Waals surface area contributed by atoms with E-state index in [-0.39, 0.29) is 11.6 Å². The van der Waals surface area contributed by atoms with Crippen LogP contribution < -0.4 is 21.1 Å². The molecule has 3 N–H and O–H groups in total. The molecule has 0 saturated carbocycles. The zero-order chi connectivity index (χ0) is 31.4. The molecule has 1 aromatic heterocycles. The van der Waals surface area contributed by atoms with Gasteiger partial charge in [0.25, 0.3) is 0 Å². The lowest BCUT2D eigenvalue weighted by atomic mass is 10.1. The summed E-state index contributed by atoms with van der Waals surface area (Å²) in [4.78, 5) is 37.4. The Bertz CT molecular complexity index is 1560. The number of carbonyl (C=O) groups is 1. The number of alkyl carbamates (subject to hydrolysis) is 1. The molecule has 1 unspecified atom stereocenters.